The van der Waals surface area contributed by atoms with E-state index >= 15 is 0 Å². The number of carbonyl (C=O) groups excluding carboxylic acids is 2. The molecule has 0 fully saturated rings. The number of aromatic nitrogens is 2. The van der Waals surface area contributed by atoms with Crippen LogP contribution in [0.1, 0.15) is 5.56 Å². The van der Waals surface area contributed by atoms with Crippen LogP contribution in [-0.4, -0.2) is 39.5 Å². The first-order valence-electron chi connectivity index (χ1n) is 7.53. The molecule has 128 valence electrons. The molecule has 2 aromatic heterocycles. The van der Waals surface area contributed by atoms with Gasteiger partial charge in [-0.05, 0) is 17.7 Å². The van der Waals surface area contributed by atoms with E-state index in [-0.39, 0.29) is 0 Å². The molecule has 0 aliphatic carbocycles. The van der Waals surface area contributed by atoms with Crippen LogP contribution in [0.15, 0.2) is 48.1 Å². The van der Waals surface area contributed by atoms with Gasteiger partial charge in [0.2, 0.25) is 5.91 Å². The Morgan fingerprint density at radius 1 is 1.36 bits per heavy atom. The van der Waals surface area contributed by atoms with Crippen LogP contribution in [0.4, 0.5) is 5.13 Å². The number of benzene rings is 1. The summed E-state index contributed by atoms with van der Waals surface area (Å²) in [6.45, 7) is -0.510. The predicted octanol–water partition coefficient (Wildman–Crippen LogP) is 1.75. The smallest absolute Gasteiger partial charge is 0.251 e. The molecule has 0 unspecified atom stereocenters. The number of aliphatic hydroxyl groups is 1. The van der Waals surface area contributed by atoms with Crippen LogP contribution in [0, 0.1) is 0 Å². The molecule has 4 N–H and O–H groups in total. The largest absolute Gasteiger partial charge is 0.394 e. The second kappa shape index (κ2) is 7.73. The van der Waals surface area contributed by atoms with E-state index in [0.717, 1.165) is 16.5 Å². The van der Waals surface area contributed by atoms with Gasteiger partial charge in [0.1, 0.15) is 6.04 Å². The third-order valence-electron chi connectivity index (χ3n) is 3.51. The highest BCUT2D eigenvalue weighted by atomic mass is 32.1. The Balaban J connectivity index is 1.63. The van der Waals surface area contributed by atoms with Crippen molar-refractivity contribution in [2.75, 3.05) is 11.9 Å². The second-order valence-corrected chi connectivity index (χ2v) is 6.09. The van der Waals surface area contributed by atoms with Gasteiger partial charge in [0.25, 0.3) is 5.91 Å². The fraction of sp³-hybridized carbons (Fsp3) is 0.118. The predicted molar refractivity (Wildman–Crippen MR) is 97.1 cm³/mol. The van der Waals surface area contributed by atoms with Crippen LogP contribution in [0.25, 0.3) is 17.0 Å². The Labute approximate surface area is 147 Å². The molecule has 3 rings (SSSR count). The summed E-state index contributed by atoms with van der Waals surface area (Å²) in [7, 11) is 0. The lowest BCUT2D eigenvalue weighted by Crippen LogP contribution is -2.45. The molecule has 0 saturated heterocycles. The van der Waals surface area contributed by atoms with Gasteiger partial charge in [0, 0.05) is 34.8 Å². The highest BCUT2D eigenvalue weighted by Crippen LogP contribution is 2.18. The van der Waals surface area contributed by atoms with E-state index in [1.54, 1.807) is 23.8 Å². The number of rotatable bonds is 6. The van der Waals surface area contributed by atoms with E-state index in [2.05, 4.69) is 20.6 Å². The van der Waals surface area contributed by atoms with Crippen molar-refractivity contribution < 1.29 is 14.7 Å². The van der Waals surface area contributed by atoms with Gasteiger partial charge in [-0.15, -0.1) is 11.3 Å². The molecule has 8 heteroatoms. The zero-order chi connectivity index (χ0) is 17.6. The summed E-state index contributed by atoms with van der Waals surface area (Å²) in [5.41, 5.74) is 1.83. The maximum Gasteiger partial charge on any atom is 0.251 e. The fourth-order valence-electron chi connectivity index (χ4n) is 2.29. The van der Waals surface area contributed by atoms with Crippen molar-refractivity contribution in [3.8, 4) is 0 Å². The zero-order valence-corrected chi connectivity index (χ0v) is 13.9. The van der Waals surface area contributed by atoms with Gasteiger partial charge in [-0.1, -0.05) is 18.2 Å². The second-order valence-electron chi connectivity index (χ2n) is 5.19. The van der Waals surface area contributed by atoms with E-state index in [4.69, 9.17) is 0 Å². The minimum atomic E-state index is -1.05. The van der Waals surface area contributed by atoms with Gasteiger partial charge in [-0.25, -0.2) is 4.98 Å². The number of fused-ring (bicyclic) bond motifs is 1. The van der Waals surface area contributed by atoms with Crippen molar-refractivity contribution in [3.63, 3.8) is 0 Å². The lowest BCUT2D eigenvalue weighted by Gasteiger charge is -2.13. The zero-order valence-electron chi connectivity index (χ0n) is 13.1. The van der Waals surface area contributed by atoms with Crippen molar-refractivity contribution in [3.05, 3.63) is 53.7 Å². The highest BCUT2D eigenvalue weighted by Gasteiger charge is 2.19. The van der Waals surface area contributed by atoms with E-state index in [1.807, 2.05) is 24.3 Å². The molecular weight excluding hydrogens is 340 g/mol. The molecule has 0 aliphatic rings. The van der Waals surface area contributed by atoms with E-state index < -0.39 is 24.5 Å². The summed E-state index contributed by atoms with van der Waals surface area (Å²) >= 11 is 1.25. The molecule has 7 nitrogen and oxygen atoms in total. The van der Waals surface area contributed by atoms with Gasteiger partial charge in [-0.2, -0.15) is 0 Å². The molecule has 1 aromatic carbocycles. The molecule has 2 heterocycles. The molecule has 0 aliphatic heterocycles. The van der Waals surface area contributed by atoms with E-state index in [0.29, 0.717) is 5.13 Å². The molecule has 1 atom stereocenters. The van der Waals surface area contributed by atoms with Gasteiger partial charge in [0.15, 0.2) is 5.13 Å². The molecule has 0 bridgehead atoms. The Morgan fingerprint density at radius 3 is 2.96 bits per heavy atom. The number of hydrogen-bond acceptors (Lipinski definition) is 5. The number of carbonyl (C=O) groups is 2. The summed E-state index contributed by atoms with van der Waals surface area (Å²) in [6.07, 6.45) is 6.33. The fourth-order valence-corrected chi connectivity index (χ4v) is 2.82. The Morgan fingerprint density at radius 2 is 2.20 bits per heavy atom. The minimum absolute atomic E-state index is 0.409. The average molecular weight is 356 g/mol. The van der Waals surface area contributed by atoms with Crippen LogP contribution in [0.2, 0.25) is 0 Å². The number of hydrogen-bond donors (Lipinski definition) is 4. The van der Waals surface area contributed by atoms with Crippen molar-refractivity contribution in [2.24, 2.45) is 0 Å². The SMILES string of the molecule is O=C(C=Cc1c[nH]c2ccccc12)N[C@@H](CO)C(=O)Nc1nccs1. The molecule has 25 heavy (non-hydrogen) atoms. The number of para-hydroxylation sites is 1. The maximum atomic E-state index is 12.0. The first-order valence-corrected chi connectivity index (χ1v) is 8.41. The molecule has 0 saturated carbocycles. The summed E-state index contributed by atoms with van der Waals surface area (Å²) in [4.78, 5) is 31.1. The van der Waals surface area contributed by atoms with Gasteiger partial charge < -0.3 is 20.7 Å². The number of aliphatic hydroxyl groups excluding tert-OH is 1. The first-order chi connectivity index (χ1) is 12.2. The quantitative estimate of drug-likeness (QED) is 0.505. The topological polar surface area (TPSA) is 107 Å². The molecule has 3 aromatic rings. The number of aromatic amines is 1. The van der Waals surface area contributed by atoms with Crippen molar-refractivity contribution >= 4 is 45.3 Å². The van der Waals surface area contributed by atoms with Gasteiger partial charge in [-0.3, -0.25) is 9.59 Å². The molecular formula is C17H16N4O3S. The third-order valence-corrected chi connectivity index (χ3v) is 4.20. The van der Waals surface area contributed by atoms with Crippen molar-refractivity contribution in [1.82, 2.24) is 15.3 Å². The molecule has 2 amide bonds. The third kappa shape index (κ3) is 4.11. The monoisotopic (exact) mass is 356 g/mol. The van der Waals surface area contributed by atoms with Gasteiger partial charge >= 0.3 is 0 Å². The highest BCUT2D eigenvalue weighted by molar-refractivity contribution is 7.13. The van der Waals surface area contributed by atoms with Crippen LogP contribution in [0.3, 0.4) is 0 Å². The van der Waals surface area contributed by atoms with Crippen LogP contribution >= 0.6 is 11.3 Å². The van der Waals surface area contributed by atoms with Crippen molar-refractivity contribution in [1.29, 1.82) is 0 Å². The lowest BCUT2D eigenvalue weighted by atomic mass is 10.1. The summed E-state index contributed by atoms with van der Waals surface area (Å²) in [5, 5.41) is 17.5. The summed E-state index contributed by atoms with van der Waals surface area (Å²) in [5.74, 6) is -0.995. The standard InChI is InChI=1S/C17H16N4O3S/c22-10-14(16(24)21-17-18-7-8-25-17)20-15(23)6-5-11-9-19-13-4-2-1-3-12(11)13/h1-9,14,19,22H,10H2,(H,20,23)(H,18,21,24)/t14-/m0/s1. The maximum absolute atomic E-state index is 12.0. The average Bonchev–Trinajstić information content (AvgIpc) is 3.27. The van der Waals surface area contributed by atoms with Crippen LogP contribution < -0.4 is 10.6 Å². The van der Waals surface area contributed by atoms with Gasteiger partial charge in [0.05, 0.1) is 6.61 Å². The Kier molecular flexibility index (Phi) is 5.22. The normalized spacial score (nSPS) is 12.4. The Hall–Kier alpha value is -2.97. The number of nitrogens with one attached hydrogen (secondary N) is 3. The van der Waals surface area contributed by atoms with Crippen LogP contribution in [0.5, 0.6) is 0 Å². The summed E-state index contributed by atoms with van der Waals surface area (Å²) in [6, 6.07) is 6.67. The number of nitrogens with zero attached hydrogens (tertiary/aromatic N) is 1. The molecule has 0 radical (unpaired) electrons. The Bertz CT molecular complexity index is 902. The number of anilines is 1. The van der Waals surface area contributed by atoms with Crippen molar-refractivity contribution in [2.45, 2.75) is 6.04 Å². The summed E-state index contributed by atoms with van der Waals surface area (Å²) < 4.78 is 0. The van der Waals surface area contributed by atoms with E-state index in [9.17, 15) is 14.7 Å². The van der Waals surface area contributed by atoms with E-state index in [1.165, 1.54) is 17.4 Å². The van der Waals surface area contributed by atoms with Crippen LogP contribution in [-0.2, 0) is 9.59 Å². The number of amides is 2. The molecule has 0 spiro atoms. The first kappa shape index (κ1) is 16.9. The lowest BCUT2D eigenvalue weighted by molar-refractivity contribution is -0.124. The minimum Gasteiger partial charge on any atom is -0.394 e. The number of thiazole rings is 1. The number of H-pyrrole nitrogens is 1.